The highest BCUT2D eigenvalue weighted by molar-refractivity contribution is 5.73. The Hall–Kier alpha value is -2.07. The molecule has 2 rings (SSSR count). The third-order valence-corrected chi connectivity index (χ3v) is 3.10. The van der Waals surface area contributed by atoms with Crippen LogP contribution in [0.1, 0.15) is 11.1 Å². The van der Waals surface area contributed by atoms with E-state index in [1.165, 1.54) is 0 Å². The molecule has 100 valence electrons. The van der Waals surface area contributed by atoms with Gasteiger partial charge in [-0.15, -0.1) is 0 Å². The zero-order valence-electron chi connectivity index (χ0n) is 10.8. The Balaban J connectivity index is 2.05. The van der Waals surface area contributed by atoms with E-state index in [1.807, 2.05) is 48.3 Å². The van der Waals surface area contributed by atoms with Crippen LogP contribution in [-0.2, 0) is 17.8 Å². The van der Waals surface area contributed by atoms with Crippen molar-refractivity contribution in [1.29, 1.82) is 0 Å². The van der Waals surface area contributed by atoms with Gasteiger partial charge in [0, 0.05) is 12.1 Å². The average molecular weight is 259 g/mol. The molecule has 0 spiro atoms. The first-order valence-electron chi connectivity index (χ1n) is 6.15. The minimum absolute atomic E-state index is 0.491. The molecule has 0 amide bonds. The smallest absolute Gasteiger partial charge is 0.321 e. The highest BCUT2D eigenvalue weighted by Gasteiger charge is 2.23. The van der Waals surface area contributed by atoms with Gasteiger partial charge in [0.25, 0.3) is 0 Å². The maximum Gasteiger partial charge on any atom is 0.321 e. The number of likely N-dealkylation sites (N-methyl/N-ethyl adjacent to an activating group) is 1. The lowest BCUT2D eigenvalue weighted by Crippen LogP contribution is -2.39. The number of aliphatic carboxylic acids is 1. The summed E-state index contributed by atoms with van der Waals surface area (Å²) in [6.45, 7) is 0.556. The van der Waals surface area contributed by atoms with Crippen LogP contribution in [0, 0.1) is 0 Å². The monoisotopic (exact) mass is 259 g/mol. The quantitative estimate of drug-likeness (QED) is 0.865. The fourth-order valence-electron chi connectivity index (χ4n) is 2.05. The van der Waals surface area contributed by atoms with E-state index in [-0.39, 0.29) is 0 Å². The normalized spacial score (nSPS) is 12.5. The van der Waals surface area contributed by atoms with Gasteiger partial charge in [0.1, 0.15) is 6.04 Å². The van der Waals surface area contributed by atoms with Crippen LogP contribution in [0.15, 0.2) is 53.3 Å². The number of nitrogens with zero attached hydrogens (tertiary/aromatic N) is 1. The molecule has 1 aromatic heterocycles. The summed E-state index contributed by atoms with van der Waals surface area (Å²) in [4.78, 5) is 13.2. The lowest BCUT2D eigenvalue weighted by Gasteiger charge is -2.24. The van der Waals surface area contributed by atoms with Crippen molar-refractivity contribution >= 4 is 5.97 Å². The predicted octanol–water partition coefficient (Wildman–Crippen LogP) is 2.41. The summed E-state index contributed by atoms with van der Waals surface area (Å²) in [5.74, 6) is -0.810. The molecule has 1 N–H and O–H groups in total. The van der Waals surface area contributed by atoms with Crippen LogP contribution < -0.4 is 0 Å². The van der Waals surface area contributed by atoms with Crippen molar-refractivity contribution in [1.82, 2.24) is 4.90 Å². The molecule has 0 fully saturated rings. The third kappa shape index (κ3) is 3.69. The highest BCUT2D eigenvalue weighted by Crippen LogP contribution is 2.12. The third-order valence-electron chi connectivity index (χ3n) is 3.10. The standard InChI is InChI=1S/C15H17NO3/c1-16(10-13-7-8-19-11-13)14(15(17)18)9-12-5-3-2-4-6-12/h2-8,11,14H,9-10H2,1H3,(H,17,18). The van der Waals surface area contributed by atoms with Crippen molar-refractivity contribution in [2.24, 2.45) is 0 Å². The van der Waals surface area contributed by atoms with E-state index in [0.717, 1.165) is 11.1 Å². The van der Waals surface area contributed by atoms with Crippen LogP contribution in [0.2, 0.25) is 0 Å². The minimum atomic E-state index is -0.810. The highest BCUT2D eigenvalue weighted by atomic mass is 16.4. The Morgan fingerprint density at radius 1 is 1.26 bits per heavy atom. The molecule has 0 saturated heterocycles. The number of carboxylic acid groups (broad SMARTS) is 1. The average Bonchev–Trinajstić information content (AvgIpc) is 2.89. The zero-order valence-corrected chi connectivity index (χ0v) is 10.8. The molecular weight excluding hydrogens is 242 g/mol. The predicted molar refractivity (Wildman–Crippen MR) is 71.7 cm³/mol. The molecule has 0 radical (unpaired) electrons. The van der Waals surface area contributed by atoms with Gasteiger partial charge in [-0.3, -0.25) is 9.69 Å². The van der Waals surface area contributed by atoms with Crippen molar-refractivity contribution in [3.05, 3.63) is 60.1 Å². The number of carbonyl (C=O) groups is 1. The number of carboxylic acids is 1. The van der Waals surface area contributed by atoms with Crippen LogP contribution in [0.4, 0.5) is 0 Å². The van der Waals surface area contributed by atoms with Crippen molar-refractivity contribution in [2.45, 2.75) is 19.0 Å². The van der Waals surface area contributed by atoms with Gasteiger partial charge < -0.3 is 9.52 Å². The second kappa shape index (κ2) is 6.20. The molecule has 2 aromatic rings. The van der Waals surface area contributed by atoms with E-state index >= 15 is 0 Å². The second-order valence-corrected chi connectivity index (χ2v) is 4.59. The first kappa shape index (κ1) is 13.4. The number of furan rings is 1. The largest absolute Gasteiger partial charge is 0.480 e. The molecule has 0 aliphatic heterocycles. The number of rotatable bonds is 6. The Labute approximate surface area is 112 Å². The van der Waals surface area contributed by atoms with Crippen LogP contribution in [0.25, 0.3) is 0 Å². The Morgan fingerprint density at radius 2 is 2.00 bits per heavy atom. The summed E-state index contributed by atoms with van der Waals surface area (Å²) in [5.41, 5.74) is 2.00. The fraction of sp³-hybridized carbons (Fsp3) is 0.267. The van der Waals surface area contributed by atoms with E-state index in [4.69, 9.17) is 4.42 Å². The minimum Gasteiger partial charge on any atom is -0.480 e. The molecule has 1 unspecified atom stereocenters. The Bertz CT molecular complexity index is 507. The van der Waals surface area contributed by atoms with Crippen molar-refractivity contribution in [2.75, 3.05) is 7.05 Å². The molecule has 0 saturated carbocycles. The molecule has 0 bridgehead atoms. The molecule has 4 heteroatoms. The lowest BCUT2D eigenvalue weighted by molar-refractivity contribution is -0.142. The van der Waals surface area contributed by atoms with E-state index in [2.05, 4.69) is 0 Å². The summed E-state index contributed by atoms with van der Waals surface area (Å²) < 4.78 is 5.00. The van der Waals surface area contributed by atoms with Crippen LogP contribution in [0.5, 0.6) is 0 Å². The number of benzene rings is 1. The fourth-order valence-corrected chi connectivity index (χ4v) is 2.05. The number of hydrogen-bond acceptors (Lipinski definition) is 3. The maximum absolute atomic E-state index is 11.4. The molecule has 4 nitrogen and oxygen atoms in total. The second-order valence-electron chi connectivity index (χ2n) is 4.59. The molecule has 1 heterocycles. The molecule has 1 atom stereocenters. The summed E-state index contributed by atoms with van der Waals surface area (Å²) in [7, 11) is 1.81. The van der Waals surface area contributed by atoms with E-state index in [1.54, 1.807) is 12.5 Å². The summed E-state index contributed by atoms with van der Waals surface area (Å²) in [6.07, 6.45) is 3.72. The lowest BCUT2D eigenvalue weighted by atomic mass is 10.0. The summed E-state index contributed by atoms with van der Waals surface area (Å²) >= 11 is 0. The first-order chi connectivity index (χ1) is 9.16. The zero-order chi connectivity index (χ0) is 13.7. The maximum atomic E-state index is 11.4. The topological polar surface area (TPSA) is 53.7 Å². The Kier molecular flexibility index (Phi) is 4.36. The Morgan fingerprint density at radius 3 is 2.58 bits per heavy atom. The van der Waals surface area contributed by atoms with Gasteiger partial charge in [-0.2, -0.15) is 0 Å². The van der Waals surface area contributed by atoms with Gasteiger partial charge in [-0.05, 0) is 25.1 Å². The molecule has 19 heavy (non-hydrogen) atoms. The number of hydrogen-bond donors (Lipinski definition) is 1. The molecule has 0 aliphatic rings. The van der Waals surface area contributed by atoms with Crippen LogP contribution >= 0.6 is 0 Å². The van der Waals surface area contributed by atoms with E-state index in [0.29, 0.717) is 13.0 Å². The van der Waals surface area contributed by atoms with Crippen molar-refractivity contribution in [3.8, 4) is 0 Å². The summed E-state index contributed by atoms with van der Waals surface area (Å²) in [6, 6.07) is 11.0. The summed E-state index contributed by atoms with van der Waals surface area (Å²) in [5, 5.41) is 9.37. The SMILES string of the molecule is CN(Cc1ccoc1)C(Cc1ccccc1)C(=O)O. The van der Waals surface area contributed by atoms with E-state index < -0.39 is 12.0 Å². The van der Waals surface area contributed by atoms with Crippen molar-refractivity contribution < 1.29 is 14.3 Å². The van der Waals surface area contributed by atoms with Gasteiger partial charge in [0.2, 0.25) is 0 Å². The van der Waals surface area contributed by atoms with Gasteiger partial charge in [-0.1, -0.05) is 30.3 Å². The first-order valence-corrected chi connectivity index (χ1v) is 6.15. The van der Waals surface area contributed by atoms with Crippen LogP contribution in [0.3, 0.4) is 0 Å². The van der Waals surface area contributed by atoms with Crippen molar-refractivity contribution in [3.63, 3.8) is 0 Å². The van der Waals surface area contributed by atoms with E-state index in [9.17, 15) is 9.90 Å². The van der Waals surface area contributed by atoms with Gasteiger partial charge in [0.05, 0.1) is 12.5 Å². The molecule has 0 aliphatic carbocycles. The molecular formula is C15H17NO3. The van der Waals surface area contributed by atoms with Gasteiger partial charge in [0.15, 0.2) is 0 Å². The van der Waals surface area contributed by atoms with Crippen LogP contribution in [-0.4, -0.2) is 29.1 Å². The molecule has 1 aromatic carbocycles. The van der Waals surface area contributed by atoms with Gasteiger partial charge in [-0.25, -0.2) is 0 Å². The van der Waals surface area contributed by atoms with Gasteiger partial charge >= 0.3 is 5.97 Å².